The molecule has 2 aromatic carbocycles. The lowest BCUT2D eigenvalue weighted by Crippen LogP contribution is -2.58. The van der Waals surface area contributed by atoms with Gasteiger partial charge >= 0.3 is 0 Å². The monoisotopic (exact) mass is 516 g/mol. The van der Waals surface area contributed by atoms with Gasteiger partial charge in [-0.1, -0.05) is 24.3 Å². The highest BCUT2D eigenvalue weighted by molar-refractivity contribution is 5.92. The van der Waals surface area contributed by atoms with Crippen LogP contribution in [-0.4, -0.2) is 71.3 Å². The maximum atomic E-state index is 13.0. The van der Waals surface area contributed by atoms with Crippen LogP contribution in [0, 0.1) is 0 Å². The van der Waals surface area contributed by atoms with Gasteiger partial charge in [0.2, 0.25) is 11.8 Å². The fourth-order valence-corrected chi connectivity index (χ4v) is 4.89. The highest BCUT2D eigenvalue weighted by atomic mass is 16.5. The number of likely N-dealkylation sites (tertiary alicyclic amines) is 1. The van der Waals surface area contributed by atoms with Gasteiger partial charge in [-0.15, -0.1) is 0 Å². The van der Waals surface area contributed by atoms with Crippen molar-refractivity contribution in [1.82, 2.24) is 20.1 Å². The number of hydrogen-bond acceptors (Lipinski definition) is 5. The summed E-state index contributed by atoms with van der Waals surface area (Å²) in [6.45, 7) is 1.07. The molecule has 38 heavy (non-hydrogen) atoms. The third-order valence-corrected chi connectivity index (χ3v) is 6.94. The van der Waals surface area contributed by atoms with E-state index in [9.17, 15) is 14.4 Å². The predicted octanol–water partition coefficient (Wildman–Crippen LogP) is 3.13. The molecule has 198 valence electrons. The number of ether oxygens (including phenoxy) is 2. The van der Waals surface area contributed by atoms with Crippen molar-refractivity contribution in [3.05, 3.63) is 83.7 Å². The molecule has 3 amide bonds. The number of likely N-dealkylation sites (N-methyl/N-ethyl adjacent to an activating group) is 1. The fourth-order valence-electron chi connectivity index (χ4n) is 4.89. The van der Waals surface area contributed by atoms with Crippen LogP contribution in [0.3, 0.4) is 0 Å². The van der Waals surface area contributed by atoms with Gasteiger partial charge in [0.05, 0.1) is 25.3 Å². The van der Waals surface area contributed by atoms with Crippen LogP contribution in [-0.2, 0) is 27.4 Å². The predicted molar refractivity (Wildman–Crippen MR) is 141 cm³/mol. The third kappa shape index (κ3) is 6.23. The van der Waals surface area contributed by atoms with Gasteiger partial charge in [-0.2, -0.15) is 0 Å². The minimum Gasteiger partial charge on any atom is -0.457 e. The Morgan fingerprint density at radius 2 is 1.74 bits per heavy atom. The van der Waals surface area contributed by atoms with Crippen LogP contribution >= 0.6 is 0 Å². The molecule has 5 rings (SSSR count). The molecule has 0 unspecified atom stereocenters. The molecule has 0 spiro atoms. The molecule has 0 radical (unpaired) electrons. The number of aromatic amines is 1. The zero-order valence-corrected chi connectivity index (χ0v) is 21.4. The minimum absolute atomic E-state index is 0.0716. The summed E-state index contributed by atoms with van der Waals surface area (Å²) in [4.78, 5) is 44.8. The Kier molecular flexibility index (Phi) is 7.74. The second-order valence-electron chi connectivity index (χ2n) is 9.79. The van der Waals surface area contributed by atoms with Gasteiger partial charge in [-0.3, -0.25) is 14.4 Å². The lowest BCUT2D eigenvalue weighted by Gasteiger charge is -2.38. The van der Waals surface area contributed by atoms with Crippen molar-refractivity contribution in [3.8, 4) is 11.5 Å². The van der Waals surface area contributed by atoms with Crippen LogP contribution in [0.5, 0.6) is 11.5 Å². The summed E-state index contributed by atoms with van der Waals surface area (Å²) >= 11 is 0. The van der Waals surface area contributed by atoms with Gasteiger partial charge in [-0.25, -0.2) is 0 Å². The van der Waals surface area contributed by atoms with Gasteiger partial charge in [0.25, 0.3) is 5.91 Å². The molecule has 1 fully saturated rings. The highest BCUT2D eigenvalue weighted by Crippen LogP contribution is 2.25. The molecule has 2 aliphatic rings. The van der Waals surface area contributed by atoms with Crippen LogP contribution in [0.1, 0.15) is 34.5 Å². The third-order valence-electron chi connectivity index (χ3n) is 6.94. The molecule has 2 atom stereocenters. The number of aromatic nitrogens is 1. The smallest absolute Gasteiger partial charge is 0.270 e. The molecule has 4 bridgehead atoms. The number of fused-ring (bicyclic) bond motifs is 5. The van der Waals surface area contributed by atoms with E-state index in [-0.39, 0.29) is 36.8 Å². The van der Waals surface area contributed by atoms with Crippen molar-refractivity contribution in [2.24, 2.45) is 0 Å². The number of carbonyl (C=O) groups excluding carboxylic acids is 3. The standard InChI is InChI=1S/C29H32N4O5/c1-32-18-27(34)31-25-17-33(29(36)24-9-4-13-30-24)14-12-26(25)37-19-21-6-3-8-23(16-21)38-22-7-2-5-20(15-22)10-11-28(32)35/h2-9,13,15-16,25-26,30H,10-12,14,17-19H2,1H3,(H,31,34)/t25-,26+/m0/s1. The van der Waals surface area contributed by atoms with Crippen molar-refractivity contribution in [2.45, 2.75) is 38.0 Å². The Labute approximate surface area is 221 Å². The van der Waals surface area contributed by atoms with E-state index < -0.39 is 6.04 Å². The van der Waals surface area contributed by atoms with Gasteiger partial charge in [0, 0.05) is 32.8 Å². The summed E-state index contributed by atoms with van der Waals surface area (Å²) in [6, 6.07) is 18.5. The molecule has 3 aromatic rings. The normalized spacial score (nSPS) is 21.0. The molecule has 0 saturated carbocycles. The highest BCUT2D eigenvalue weighted by Gasteiger charge is 2.34. The molecular formula is C29H32N4O5. The maximum absolute atomic E-state index is 13.0. The van der Waals surface area contributed by atoms with E-state index in [1.807, 2.05) is 48.5 Å². The number of benzene rings is 2. The summed E-state index contributed by atoms with van der Waals surface area (Å²) in [7, 11) is 1.63. The van der Waals surface area contributed by atoms with Gasteiger partial charge in [-0.05, 0) is 60.4 Å². The molecule has 2 N–H and O–H groups in total. The molecule has 1 aromatic heterocycles. The number of nitrogens with one attached hydrogen (secondary N) is 2. The van der Waals surface area contributed by atoms with E-state index in [0.29, 0.717) is 49.7 Å². The molecular weight excluding hydrogens is 484 g/mol. The zero-order chi connectivity index (χ0) is 26.5. The number of rotatable bonds is 1. The van der Waals surface area contributed by atoms with Gasteiger partial charge < -0.3 is 29.6 Å². The largest absolute Gasteiger partial charge is 0.457 e. The summed E-state index contributed by atoms with van der Waals surface area (Å²) in [5, 5.41) is 3.03. The molecule has 1 saturated heterocycles. The lowest BCUT2D eigenvalue weighted by atomic mass is 10.0. The summed E-state index contributed by atoms with van der Waals surface area (Å²) < 4.78 is 12.4. The Balaban J connectivity index is 1.37. The van der Waals surface area contributed by atoms with E-state index in [4.69, 9.17) is 9.47 Å². The summed E-state index contributed by atoms with van der Waals surface area (Å²) in [5.74, 6) is 0.854. The average molecular weight is 517 g/mol. The minimum atomic E-state index is -0.420. The second kappa shape index (κ2) is 11.5. The molecule has 2 aliphatic heterocycles. The van der Waals surface area contributed by atoms with Gasteiger partial charge in [0.15, 0.2) is 0 Å². The van der Waals surface area contributed by atoms with Crippen LogP contribution in [0.2, 0.25) is 0 Å². The molecule has 3 heterocycles. The number of aryl methyl sites for hydroxylation is 1. The van der Waals surface area contributed by atoms with E-state index >= 15 is 0 Å². The van der Waals surface area contributed by atoms with E-state index in [0.717, 1.165) is 11.1 Å². The average Bonchev–Trinajstić information content (AvgIpc) is 3.45. The van der Waals surface area contributed by atoms with Gasteiger partial charge in [0.1, 0.15) is 17.2 Å². The number of H-pyrrole nitrogens is 1. The van der Waals surface area contributed by atoms with E-state index in [1.165, 1.54) is 4.90 Å². The maximum Gasteiger partial charge on any atom is 0.270 e. The first-order valence-corrected chi connectivity index (χ1v) is 12.9. The quantitative estimate of drug-likeness (QED) is 0.517. The number of carbonyl (C=O) groups is 3. The number of piperidine rings is 1. The first kappa shape index (κ1) is 25.5. The molecule has 9 heteroatoms. The number of nitrogens with zero attached hydrogens (tertiary/aromatic N) is 2. The van der Waals surface area contributed by atoms with Crippen molar-refractivity contribution in [3.63, 3.8) is 0 Å². The second-order valence-corrected chi connectivity index (χ2v) is 9.79. The Morgan fingerprint density at radius 1 is 0.974 bits per heavy atom. The molecule has 0 aliphatic carbocycles. The molecule has 9 nitrogen and oxygen atoms in total. The van der Waals surface area contributed by atoms with Crippen LogP contribution in [0.15, 0.2) is 66.9 Å². The zero-order valence-electron chi connectivity index (χ0n) is 21.4. The summed E-state index contributed by atoms with van der Waals surface area (Å²) in [6.07, 6.45) is 2.79. The number of hydrogen-bond donors (Lipinski definition) is 2. The van der Waals surface area contributed by atoms with E-state index in [2.05, 4.69) is 10.3 Å². The van der Waals surface area contributed by atoms with Crippen LogP contribution in [0.25, 0.3) is 0 Å². The Hall–Kier alpha value is -4.11. The van der Waals surface area contributed by atoms with Crippen molar-refractivity contribution < 1.29 is 23.9 Å². The van der Waals surface area contributed by atoms with Crippen LogP contribution < -0.4 is 10.1 Å². The van der Waals surface area contributed by atoms with Crippen molar-refractivity contribution >= 4 is 17.7 Å². The SMILES string of the molecule is CN1CC(=O)N[C@H]2CN(C(=O)c3ccc[nH]3)CC[C@H]2OCc2cccc(c2)Oc2cccc(c2)CCC1=O. The van der Waals surface area contributed by atoms with E-state index in [1.54, 1.807) is 30.3 Å². The summed E-state index contributed by atoms with van der Waals surface area (Å²) in [5.41, 5.74) is 2.43. The Morgan fingerprint density at radius 3 is 2.50 bits per heavy atom. The first-order valence-electron chi connectivity index (χ1n) is 12.9. The lowest BCUT2D eigenvalue weighted by molar-refractivity contribution is -0.135. The Bertz CT molecular complexity index is 1290. The first-order chi connectivity index (χ1) is 18.4. The topological polar surface area (TPSA) is 104 Å². The van der Waals surface area contributed by atoms with Crippen LogP contribution in [0.4, 0.5) is 0 Å². The number of amides is 3. The fraction of sp³-hybridized carbons (Fsp3) is 0.345. The van der Waals surface area contributed by atoms with Crippen molar-refractivity contribution in [1.29, 1.82) is 0 Å². The van der Waals surface area contributed by atoms with Crippen molar-refractivity contribution in [2.75, 3.05) is 26.7 Å².